The fourth-order valence-electron chi connectivity index (χ4n) is 5.22. The van der Waals surface area contributed by atoms with Crippen LogP contribution in [0.15, 0.2) is 0 Å². The molecule has 3 heterocycles. The van der Waals surface area contributed by atoms with Gasteiger partial charge >= 0.3 is 0 Å². The average Bonchev–Trinajstić information content (AvgIpc) is 3.38. The summed E-state index contributed by atoms with van der Waals surface area (Å²) in [5, 5.41) is 22.9. The summed E-state index contributed by atoms with van der Waals surface area (Å²) in [5.41, 5.74) is 19.0. The lowest BCUT2D eigenvalue weighted by atomic mass is 9.81. The number of aromatic nitrogens is 6. The molecule has 6 heteroatoms. The molecule has 4 rings (SSSR count). The molecule has 4 aromatic rings. The summed E-state index contributed by atoms with van der Waals surface area (Å²) < 4.78 is 0. The number of H-pyrrole nitrogens is 3. The molecule has 0 aliphatic rings. The molecule has 3 N–H and O–H groups in total. The quantitative estimate of drug-likeness (QED) is 0.372. The first-order valence-corrected chi connectivity index (χ1v) is 11.7. The van der Waals surface area contributed by atoms with Crippen LogP contribution >= 0.6 is 0 Å². The highest BCUT2D eigenvalue weighted by Gasteiger charge is 2.22. The van der Waals surface area contributed by atoms with Gasteiger partial charge in [0.15, 0.2) is 0 Å². The predicted molar refractivity (Wildman–Crippen MR) is 133 cm³/mol. The summed E-state index contributed by atoms with van der Waals surface area (Å²) >= 11 is 0. The van der Waals surface area contributed by atoms with Crippen LogP contribution in [0.5, 0.6) is 0 Å². The maximum Gasteiger partial charge on any atom is 0.0629 e. The number of rotatable bonds is 6. The van der Waals surface area contributed by atoms with Crippen LogP contribution in [-0.4, -0.2) is 30.6 Å². The lowest BCUT2D eigenvalue weighted by molar-refractivity contribution is 0.978. The molecule has 0 spiro atoms. The number of hydrogen-bond acceptors (Lipinski definition) is 3. The van der Waals surface area contributed by atoms with E-state index in [9.17, 15) is 0 Å². The maximum atomic E-state index is 4.45. The number of benzene rings is 1. The van der Waals surface area contributed by atoms with Crippen LogP contribution < -0.4 is 0 Å². The van der Waals surface area contributed by atoms with E-state index in [2.05, 4.69) is 92.9 Å². The van der Waals surface area contributed by atoms with Crippen LogP contribution in [0.4, 0.5) is 0 Å². The van der Waals surface area contributed by atoms with Crippen LogP contribution in [-0.2, 0) is 19.3 Å². The molecule has 0 bridgehead atoms. The van der Waals surface area contributed by atoms with Gasteiger partial charge in [-0.3, -0.25) is 15.3 Å². The highest BCUT2D eigenvalue weighted by Crippen LogP contribution is 2.34. The standard InChI is InChI=1S/C27H36N6/c1-13-22(10-25-16(4)28-29-17(25)5)14(2)24(12-27-20(8)32-33-21(27)9)15(3)23(13)11-26-18(6)30-31-19(26)7/h10-12H2,1-9H3,(H,28,29)(H,30,31)(H,32,33). The Bertz CT molecular complexity index is 1090. The molecule has 174 valence electrons. The second-order valence-corrected chi connectivity index (χ2v) is 9.58. The molecule has 0 radical (unpaired) electrons. The Balaban J connectivity index is 1.91. The Morgan fingerprint density at radius 3 is 0.818 bits per heavy atom. The van der Waals surface area contributed by atoms with E-state index < -0.39 is 0 Å². The molecule has 6 nitrogen and oxygen atoms in total. The van der Waals surface area contributed by atoms with Crippen molar-refractivity contribution in [2.45, 2.75) is 81.6 Å². The van der Waals surface area contributed by atoms with Crippen molar-refractivity contribution in [1.29, 1.82) is 0 Å². The molecular weight excluding hydrogens is 408 g/mol. The van der Waals surface area contributed by atoms with Crippen molar-refractivity contribution in [2.24, 2.45) is 0 Å². The molecule has 3 aromatic heterocycles. The first-order chi connectivity index (χ1) is 15.6. The van der Waals surface area contributed by atoms with E-state index in [1.54, 1.807) is 0 Å². The third-order valence-corrected chi connectivity index (χ3v) is 7.62. The van der Waals surface area contributed by atoms with Crippen molar-refractivity contribution in [2.75, 3.05) is 0 Å². The number of aromatic amines is 3. The van der Waals surface area contributed by atoms with Crippen molar-refractivity contribution >= 4 is 0 Å². The molecule has 0 aliphatic heterocycles. The van der Waals surface area contributed by atoms with Crippen LogP contribution in [0.25, 0.3) is 0 Å². The highest BCUT2D eigenvalue weighted by atomic mass is 15.1. The molecule has 0 saturated carbocycles. The van der Waals surface area contributed by atoms with Crippen LogP contribution in [0.2, 0.25) is 0 Å². The molecule has 1 aromatic carbocycles. The fourth-order valence-corrected chi connectivity index (χ4v) is 5.22. The maximum absolute atomic E-state index is 4.45. The fraction of sp³-hybridized carbons (Fsp3) is 0.444. The van der Waals surface area contributed by atoms with E-state index in [1.807, 2.05) is 0 Å². The van der Waals surface area contributed by atoms with Gasteiger partial charge in [0.2, 0.25) is 0 Å². The largest absolute Gasteiger partial charge is 0.282 e. The number of hydrogen-bond donors (Lipinski definition) is 3. The van der Waals surface area contributed by atoms with E-state index in [1.165, 1.54) is 50.1 Å². The number of aryl methyl sites for hydroxylation is 6. The Kier molecular flexibility index (Phi) is 6.04. The summed E-state index contributed by atoms with van der Waals surface area (Å²) in [6.45, 7) is 19.5. The van der Waals surface area contributed by atoms with Gasteiger partial charge < -0.3 is 0 Å². The van der Waals surface area contributed by atoms with Gasteiger partial charge in [-0.25, -0.2) is 0 Å². The van der Waals surface area contributed by atoms with Crippen molar-refractivity contribution in [1.82, 2.24) is 30.6 Å². The van der Waals surface area contributed by atoms with Gasteiger partial charge in [0, 0.05) is 53.0 Å². The van der Waals surface area contributed by atoms with E-state index in [0.29, 0.717) is 0 Å². The molecule has 0 unspecified atom stereocenters. The smallest absolute Gasteiger partial charge is 0.0629 e. The summed E-state index contributed by atoms with van der Waals surface area (Å²) in [7, 11) is 0. The van der Waals surface area contributed by atoms with Crippen molar-refractivity contribution < 1.29 is 0 Å². The Hall–Kier alpha value is -3.15. The van der Waals surface area contributed by atoms with Crippen molar-refractivity contribution in [3.8, 4) is 0 Å². The minimum absolute atomic E-state index is 0.888. The van der Waals surface area contributed by atoms with E-state index >= 15 is 0 Å². The van der Waals surface area contributed by atoms with E-state index in [-0.39, 0.29) is 0 Å². The molecular formula is C27H36N6. The lowest BCUT2D eigenvalue weighted by Gasteiger charge is -2.23. The Morgan fingerprint density at radius 1 is 0.394 bits per heavy atom. The zero-order valence-electron chi connectivity index (χ0n) is 21.5. The molecule has 0 fully saturated rings. The Morgan fingerprint density at radius 2 is 0.636 bits per heavy atom. The second-order valence-electron chi connectivity index (χ2n) is 9.58. The second kappa shape index (κ2) is 8.65. The number of nitrogens with zero attached hydrogens (tertiary/aromatic N) is 3. The number of nitrogens with one attached hydrogen (secondary N) is 3. The first kappa shape index (κ1) is 23.0. The molecule has 0 aliphatic carbocycles. The van der Waals surface area contributed by atoms with Gasteiger partial charge in [-0.1, -0.05) is 0 Å². The minimum Gasteiger partial charge on any atom is -0.282 e. The third-order valence-electron chi connectivity index (χ3n) is 7.62. The summed E-state index contributed by atoms with van der Waals surface area (Å²) in [6.07, 6.45) is 2.66. The van der Waals surface area contributed by atoms with Crippen molar-refractivity contribution in [3.05, 3.63) is 84.2 Å². The van der Waals surface area contributed by atoms with Gasteiger partial charge in [-0.15, -0.1) is 0 Å². The topological polar surface area (TPSA) is 86.0 Å². The predicted octanol–water partition coefficient (Wildman–Crippen LogP) is 5.40. The van der Waals surface area contributed by atoms with Gasteiger partial charge in [0.25, 0.3) is 0 Å². The first-order valence-electron chi connectivity index (χ1n) is 11.7. The van der Waals surface area contributed by atoms with Crippen molar-refractivity contribution in [3.63, 3.8) is 0 Å². The van der Waals surface area contributed by atoms with Crippen LogP contribution in [0.3, 0.4) is 0 Å². The molecule has 0 saturated heterocycles. The van der Waals surface area contributed by atoms with E-state index in [0.717, 1.165) is 53.4 Å². The average molecular weight is 445 g/mol. The Labute approximate surface area is 196 Å². The van der Waals surface area contributed by atoms with Gasteiger partial charge in [0.1, 0.15) is 0 Å². The van der Waals surface area contributed by atoms with Crippen LogP contribution in [0.1, 0.15) is 84.2 Å². The zero-order valence-corrected chi connectivity index (χ0v) is 21.5. The summed E-state index contributed by atoms with van der Waals surface area (Å²) in [6, 6.07) is 0. The van der Waals surface area contributed by atoms with Gasteiger partial charge in [0.05, 0.1) is 17.1 Å². The van der Waals surface area contributed by atoms with Crippen LogP contribution in [0, 0.1) is 62.3 Å². The highest BCUT2D eigenvalue weighted by molar-refractivity contribution is 5.55. The molecule has 0 atom stereocenters. The SMILES string of the molecule is Cc1n[nH]c(C)c1Cc1c(C)c(Cc2c(C)n[nH]c2C)c(C)c(Cc2c(C)n[nH]c2C)c1C. The monoisotopic (exact) mass is 444 g/mol. The van der Waals surface area contributed by atoms with Gasteiger partial charge in [-0.2, -0.15) is 15.3 Å². The molecule has 0 amide bonds. The normalized spacial score (nSPS) is 11.5. The molecule has 33 heavy (non-hydrogen) atoms. The minimum atomic E-state index is 0.888. The third kappa shape index (κ3) is 4.03. The van der Waals surface area contributed by atoms with Gasteiger partial charge in [-0.05, 0) is 95.7 Å². The zero-order chi connectivity index (χ0) is 24.0. The summed E-state index contributed by atoms with van der Waals surface area (Å²) in [4.78, 5) is 0. The lowest BCUT2D eigenvalue weighted by Crippen LogP contribution is -2.11. The van der Waals surface area contributed by atoms with E-state index in [4.69, 9.17) is 0 Å². The summed E-state index contributed by atoms with van der Waals surface area (Å²) in [5.74, 6) is 0.